The predicted molar refractivity (Wildman–Crippen MR) is 124 cm³/mol. The van der Waals surface area contributed by atoms with Gasteiger partial charge in [-0.1, -0.05) is 42.5 Å². The molecule has 12 heteroatoms. The maximum atomic E-state index is 15.1. The van der Waals surface area contributed by atoms with Crippen LogP contribution in [0.4, 0.5) is 4.39 Å². The standard InChI is InChI=1S/C23H20FN5O5S/c1-33-18-12-6-10-16(24)20(18)29-21(17-11-7-13-19(25-17)34-2)26-27-22(29)23(30)28-35(31,32)14-15-8-4-3-5-9-15/h3-13H,14H2,1-2H3,(H,28,30). The summed E-state index contributed by atoms with van der Waals surface area (Å²) in [6, 6.07) is 17.2. The number of carbonyl (C=O) groups is 1. The van der Waals surface area contributed by atoms with Gasteiger partial charge in [0.05, 0.1) is 20.0 Å². The minimum atomic E-state index is -4.11. The molecule has 0 saturated heterocycles. The Labute approximate surface area is 200 Å². The average Bonchev–Trinajstić information content (AvgIpc) is 3.28. The number of sulfonamides is 1. The van der Waals surface area contributed by atoms with Crippen molar-refractivity contribution in [2.45, 2.75) is 5.75 Å². The summed E-state index contributed by atoms with van der Waals surface area (Å²) in [5, 5.41) is 7.87. The number of pyridine rings is 1. The molecule has 2 aromatic carbocycles. The van der Waals surface area contributed by atoms with Crippen LogP contribution in [0, 0.1) is 5.82 Å². The number of nitrogens with one attached hydrogen (secondary N) is 1. The van der Waals surface area contributed by atoms with Crippen LogP contribution < -0.4 is 14.2 Å². The molecule has 1 amide bonds. The van der Waals surface area contributed by atoms with E-state index in [0.29, 0.717) is 5.56 Å². The van der Waals surface area contributed by atoms with Gasteiger partial charge in [-0.15, -0.1) is 10.2 Å². The number of hydrogen-bond acceptors (Lipinski definition) is 8. The number of carbonyl (C=O) groups excluding carboxylic acids is 1. The molecule has 0 aliphatic heterocycles. The molecule has 35 heavy (non-hydrogen) atoms. The summed E-state index contributed by atoms with van der Waals surface area (Å²) in [7, 11) is -1.36. The van der Waals surface area contributed by atoms with Crippen molar-refractivity contribution in [3.05, 3.63) is 83.9 Å². The molecule has 0 aliphatic rings. The zero-order valence-electron chi connectivity index (χ0n) is 18.7. The molecule has 1 N–H and O–H groups in total. The average molecular weight is 498 g/mol. The van der Waals surface area contributed by atoms with Gasteiger partial charge in [-0.3, -0.25) is 9.36 Å². The van der Waals surface area contributed by atoms with E-state index in [9.17, 15) is 13.2 Å². The van der Waals surface area contributed by atoms with E-state index < -0.39 is 33.3 Å². The maximum Gasteiger partial charge on any atom is 0.303 e. The first kappa shape index (κ1) is 23.8. The number of nitrogens with zero attached hydrogens (tertiary/aromatic N) is 4. The summed E-state index contributed by atoms with van der Waals surface area (Å²) in [4.78, 5) is 17.4. The van der Waals surface area contributed by atoms with Gasteiger partial charge in [-0.25, -0.2) is 22.5 Å². The lowest BCUT2D eigenvalue weighted by Gasteiger charge is -2.15. The molecule has 4 rings (SSSR count). The Morgan fingerprint density at radius 1 is 0.971 bits per heavy atom. The summed E-state index contributed by atoms with van der Waals surface area (Å²) in [5.41, 5.74) is 0.491. The van der Waals surface area contributed by atoms with Crippen LogP contribution in [0.5, 0.6) is 11.6 Å². The van der Waals surface area contributed by atoms with Crippen LogP contribution in [0.2, 0.25) is 0 Å². The second kappa shape index (κ2) is 9.89. The van der Waals surface area contributed by atoms with E-state index >= 15 is 4.39 Å². The first-order valence-corrected chi connectivity index (χ1v) is 11.9. The molecule has 0 fully saturated rings. The van der Waals surface area contributed by atoms with E-state index in [-0.39, 0.29) is 28.8 Å². The lowest BCUT2D eigenvalue weighted by molar-refractivity contribution is 0.0969. The van der Waals surface area contributed by atoms with Crippen LogP contribution in [0.1, 0.15) is 16.2 Å². The third-order valence-electron chi connectivity index (χ3n) is 4.87. The molecule has 0 atom stereocenters. The van der Waals surface area contributed by atoms with Gasteiger partial charge in [-0.05, 0) is 23.8 Å². The van der Waals surface area contributed by atoms with E-state index in [1.54, 1.807) is 48.5 Å². The zero-order valence-corrected chi connectivity index (χ0v) is 19.5. The summed E-state index contributed by atoms with van der Waals surface area (Å²) < 4.78 is 53.9. The van der Waals surface area contributed by atoms with E-state index in [1.165, 1.54) is 26.4 Å². The van der Waals surface area contributed by atoms with Crippen LogP contribution in [0.3, 0.4) is 0 Å². The monoisotopic (exact) mass is 497 g/mol. The van der Waals surface area contributed by atoms with Crippen molar-refractivity contribution in [2.24, 2.45) is 0 Å². The van der Waals surface area contributed by atoms with Crippen LogP contribution >= 0.6 is 0 Å². The highest BCUT2D eigenvalue weighted by Crippen LogP contribution is 2.31. The van der Waals surface area contributed by atoms with Gasteiger partial charge in [0.25, 0.3) is 0 Å². The summed E-state index contributed by atoms with van der Waals surface area (Å²) >= 11 is 0. The quantitative estimate of drug-likeness (QED) is 0.394. The maximum absolute atomic E-state index is 15.1. The molecule has 4 aromatic rings. The van der Waals surface area contributed by atoms with Gasteiger partial charge in [-0.2, -0.15) is 0 Å². The van der Waals surface area contributed by atoms with Crippen molar-refractivity contribution < 1.29 is 27.1 Å². The Kier molecular flexibility index (Phi) is 6.73. The Morgan fingerprint density at radius 2 is 1.71 bits per heavy atom. The number of benzene rings is 2. The van der Waals surface area contributed by atoms with Crippen LogP contribution in [0.25, 0.3) is 17.2 Å². The molecule has 0 bridgehead atoms. The predicted octanol–water partition coefficient (Wildman–Crippen LogP) is 2.75. The molecule has 0 unspecified atom stereocenters. The molecule has 0 saturated carbocycles. The minimum Gasteiger partial charge on any atom is -0.494 e. The number of halogens is 1. The van der Waals surface area contributed by atoms with Gasteiger partial charge >= 0.3 is 5.91 Å². The fraction of sp³-hybridized carbons (Fsp3) is 0.130. The first-order valence-electron chi connectivity index (χ1n) is 10.2. The lowest BCUT2D eigenvalue weighted by Crippen LogP contribution is -2.33. The van der Waals surface area contributed by atoms with Crippen LogP contribution in [-0.4, -0.2) is 48.3 Å². The van der Waals surface area contributed by atoms with Crippen molar-refractivity contribution in [2.75, 3.05) is 14.2 Å². The minimum absolute atomic E-state index is 0.0297. The fourth-order valence-electron chi connectivity index (χ4n) is 3.36. The van der Waals surface area contributed by atoms with Crippen LogP contribution in [-0.2, 0) is 15.8 Å². The third-order valence-corrected chi connectivity index (χ3v) is 6.08. The molecule has 10 nitrogen and oxygen atoms in total. The number of methoxy groups -OCH3 is 2. The molecule has 180 valence electrons. The van der Waals surface area contributed by atoms with Crippen LogP contribution in [0.15, 0.2) is 66.7 Å². The van der Waals surface area contributed by atoms with Crippen molar-refractivity contribution in [3.63, 3.8) is 0 Å². The number of aromatic nitrogens is 4. The van der Waals surface area contributed by atoms with Gasteiger partial charge in [0, 0.05) is 6.07 Å². The smallest absolute Gasteiger partial charge is 0.303 e. The van der Waals surface area contributed by atoms with Crippen molar-refractivity contribution in [3.8, 4) is 28.8 Å². The number of rotatable bonds is 8. The number of hydrogen-bond donors (Lipinski definition) is 1. The SMILES string of the molecule is COc1cccc(-c2nnc(C(=O)NS(=O)(=O)Cc3ccccc3)n2-c2c(F)cccc2OC)n1. The van der Waals surface area contributed by atoms with Crippen molar-refractivity contribution >= 4 is 15.9 Å². The fourth-order valence-corrected chi connectivity index (χ4v) is 4.43. The Bertz CT molecular complexity index is 1470. The molecule has 2 aromatic heterocycles. The van der Waals surface area contributed by atoms with Crippen molar-refractivity contribution in [1.82, 2.24) is 24.5 Å². The Morgan fingerprint density at radius 3 is 2.43 bits per heavy atom. The van der Waals surface area contributed by atoms with E-state index in [2.05, 4.69) is 15.2 Å². The van der Waals surface area contributed by atoms with E-state index in [0.717, 1.165) is 10.6 Å². The van der Waals surface area contributed by atoms with Gasteiger partial charge in [0.2, 0.25) is 21.7 Å². The van der Waals surface area contributed by atoms with E-state index in [4.69, 9.17) is 9.47 Å². The zero-order chi connectivity index (χ0) is 25.0. The summed E-state index contributed by atoms with van der Waals surface area (Å²) in [6.45, 7) is 0. The van der Waals surface area contributed by atoms with Gasteiger partial charge in [0.15, 0.2) is 11.6 Å². The molecule has 0 aliphatic carbocycles. The highest BCUT2D eigenvalue weighted by Gasteiger charge is 2.28. The molecule has 2 heterocycles. The number of para-hydroxylation sites is 1. The Balaban J connectivity index is 1.82. The van der Waals surface area contributed by atoms with E-state index in [1.807, 2.05) is 4.72 Å². The summed E-state index contributed by atoms with van der Waals surface area (Å²) in [6.07, 6.45) is 0. The molecular formula is C23H20FN5O5S. The number of ether oxygens (including phenoxy) is 2. The third kappa shape index (κ3) is 5.11. The normalized spacial score (nSPS) is 11.2. The highest BCUT2D eigenvalue weighted by atomic mass is 32.2. The number of amides is 1. The second-order valence-corrected chi connectivity index (χ2v) is 8.94. The molecule has 0 radical (unpaired) electrons. The second-order valence-electron chi connectivity index (χ2n) is 7.21. The van der Waals surface area contributed by atoms with Crippen molar-refractivity contribution in [1.29, 1.82) is 0 Å². The van der Waals surface area contributed by atoms with Gasteiger partial charge in [0.1, 0.15) is 17.1 Å². The first-order chi connectivity index (χ1) is 16.8. The highest BCUT2D eigenvalue weighted by molar-refractivity contribution is 7.89. The lowest BCUT2D eigenvalue weighted by atomic mass is 10.2. The molecular weight excluding hydrogens is 477 g/mol. The largest absolute Gasteiger partial charge is 0.494 e. The van der Waals surface area contributed by atoms with Gasteiger partial charge < -0.3 is 9.47 Å². The summed E-state index contributed by atoms with van der Waals surface area (Å²) in [5.74, 6) is -2.50. The Hall–Kier alpha value is -4.32. The topological polar surface area (TPSA) is 125 Å². The molecule has 0 spiro atoms.